The van der Waals surface area contributed by atoms with Gasteiger partial charge in [0.15, 0.2) is 0 Å². The number of methoxy groups -OCH3 is 1. The van der Waals surface area contributed by atoms with Crippen molar-refractivity contribution in [1.82, 2.24) is 0 Å². The third kappa shape index (κ3) is 4.55. The zero-order chi connectivity index (χ0) is 18.4. The first-order valence-corrected chi connectivity index (χ1v) is 8.55. The number of anilines is 2. The fourth-order valence-electron chi connectivity index (χ4n) is 2.57. The van der Waals surface area contributed by atoms with Crippen LogP contribution >= 0.6 is 11.6 Å². The quantitative estimate of drug-likeness (QED) is 0.635. The Labute approximate surface area is 157 Å². The molecule has 1 amide bonds. The number of hydrogen-bond donors (Lipinski definition) is 2. The van der Waals surface area contributed by atoms with Gasteiger partial charge in [-0.1, -0.05) is 48.0 Å². The summed E-state index contributed by atoms with van der Waals surface area (Å²) in [5, 5.41) is 6.85. The van der Waals surface area contributed by atoms with Gasteiger partial charge in [-0.2, -0.15) is 0 Å². The Kier molecular flexibility index (Phi) is 5.77. The normalized spacial score (nSPS) is 11.5. The van der Waals surface area contributed by atoms with Gasteiger partial charge in [0, 0.05) is 22.5 Å². The van der Waals surface area contributed by atoms with Crippen molar-refractivity contribution in [2.45, 2.75) is 6.04 Å². The largest absolute Gasteiger partial charge is 0.497 e. The van der Waals surface area contributed by atoms with Crippen LogP contribution in [0.1, 0.15) is 11.6 Å². The van der Waals surface area contributed by atoms with Gasteiger partial charge in [-0.15, -0.1) is 0 Å². The lowest BCUT2D eigenvalue weighted by molar-refractivity contribution is -0.117. The van der Waals surface area contributed by atoms with E-state index in [1.165, 1.54) is 0 Å². The molecule has 0 radical (unpaired) electrons. The van der Waals surface area contributed by atoms with E-state index in [-0.39, 0.29) is 5.91 Å². The molecule has 0 saturated heterocycles. The summed E-state index contributed by atoms with van der Waals surface area (Å²) in [6.45, 7) is 0. The number of amides is 1. The summed E-state index contributed by atoms with van der Waals surface area (Å²) in [5.74, 6) is 0.518. The van der Waals surface area contributed by atoms with Crippen molar-refractivity contribution in [3.63, 3.8) is 0 Å². The highest BCUT2D eigenvalue weighted by Crippen LogP contribution is 2.24. The lowest BCUT2D eigenvalue weighted by Crippen LogP contribution is -2.27. The van der Waals surface area contributed by atoms with Crippen LogP contribution in [0.5, 0.6) is 5.75 Å². The summed E-state index contributed by atoms with van der Waals surface area (Å²) in [7, 11) is 1.59. The summed E-state index contributed by atoms with van der Waals surface area (Å²) in [6, 6.07) is 23.5. The van der Waals surface area contributed by atoms with Gasteiger partial charge in [0.25, 0.3) is 5.91 Å². The zero-order valence-corrected chi connectivity index (χ0v) is 15.0. The molecule has 0 aliphatic heterocycles. The average molecular weight is 367 g/mol. The summed E-state index contributed by atoms with van der Waals surface area (Å²) < 4.78 is 5.21. The summed E-state index contributed by atoms with van der Waals surface area (Å²) >= 11 is 5.94. The van der Waals surface area contributed by atoms with E-state index in [1.54, 1.807) is 25.3 Å². The predicted molar refractivity (Wildman–Crippen MR) is 106 cm³/mol. The van der Waals surface area contributed by atoms with Crippen molar-refractivity contribution in [1.29, 1.82) is 0 Å². The third-order valence-corrected chi connectivity index (χ3v) is 4.14. The predicted octanol–water partition coefficient (Wildman–Crippen LogP) is 5.14. The molecule has 4 nitrogen and oxygen atoms in total. The molecule has 0 fully saturated rings. The minimum absolute atomic E-state index is 0.167. The van der Waals surface area contributed by atoms with E-state index in [1.807, 2.05) is 60.7 Å². The lowest BCUT2D eigenvalue weighted by atomic mass is 10.1. The van der Waals surface area contributed by atoms with E-state index >= 15 is 0 Å². The number of carbonyl (C=O) groups is 1. The number of nitrogens with one attached hydrogen (secondary N) is 2. The minimum Gasteiger partial charge on any atom is -0.497 e. The average Bonchev–Trinajstić information content (AvgIpc) is 2.68. The lowest BCUT2D eigenvalue weighted by Gasteiger charge is -2.20. The Hall–Kier alpha value is -2.98. The standard InChI is InChI=1S/C21H19ClN2O2/c1-26-19-9-5-8-18(14-19)24-21(25)20(15-6-3-2-4-7-15)23-17-12-10-16(22)11-13-17/h2-14,20,23H,1H3,(H,24,25). The Morgan fingerprint density at radius 2 is 1.65 bits per heavy atom. The van der Waals surface area contributed by atoms with E-state index in [4.69, 9.17) is 16.3 Å². The van der Waals surface area contributed by atoms with Crippen LogP contribution in [0.4, 0.5) is 11.4 Å². The zero-order valence-electron chi connectivity index (χ0n) is 14.3. The van der Waals surface area contributed by atoms with Crippen molar-refractivity contribution in [3.8, 4) is 5.75 Å². The fourth-order valence-corrected chi connectivity index (χ4v) is 2.70. The maximum absolute atomic E-state index is 12.9. The maximum atomic E-state index is 12.9. The summed E-state index contributed by atoms with van der Waals surface area (Å²) in [5.41, 5.74) is 2.35. The van der Waals surface area contributed by atoms with Crippen molar-refractivity contribution < 1.29 is 9.53 Å². The monoisotopic (exact) mass is 366 g/mol. The van der Waals surface area contributed by atoms with E-state index < -0.39 is 6.04 Å². The van der Waals surface area contributed by atoms with Gasteiger partial charge in [-0.05, 0) is 42.0 Å². The molecule has 3 rings (SSSR count). The third-order valence-electron chi connectivity index (χ3n) is 3.89. The molecule has 3 aromatic rings. The molecule has 0 heterocycles. The fraction of sp³-hybridized carbons (Fsp3) is 0.0952. The molecule has 0 bridgehead atoms. The molecule has 5 heteroatoms. The van der Waals surface area contributed by atoms with E-state index in [2.05, 4.69) is 10.6 Å². The van der Waals surface area contributed by atoms with Crippen molar-refractivity contribution in [2.75, 3.05) is 17.7 Å². The van der Waals surface area contributed by atoms with E-state index in [0.29, 0.717) is 16.5 Å². The highest BCUT2D eigenvalue weighted by atomic mass is 35.5. The second-order valence-corrected chi connectivity index (χ2v) is 6.15. The van der Waals surface area contributed by atoms with Crippen LogP contribution in [0.15, 0.2) is 78.9 Å². The molecular weight excluding hydrogens is 348 g/mol. The molecular formula is C21H19ClN2O2. The molecule has 2 N–H and O–H groups in total. The van der Waals surface area contributed by atoms with Crippen molar-refractivity contribution >= 4 is 28.9 Å². The van der Waals surface area contributed by atoms with Crippen LogP contribution in [-0.4, -0.2) is 13.0 Å². The van der Waals surface area contributed by atoms with Gasteiger partial charge < -0.3 is 15.4 Å². The maximum Gasteiger partial charge on any atom is 0.251 e. The smallest absolute Gasteiger partial charge is 0.251 e. The molecule has 0 aromatic heterocycles. The van der Waals surface area contributed by atoms with Crippen LogP contribution in [0.2, 0.25) is 5.02 Å². The van der Waals surface area contributed by atoms with Gasteiger partial charge in [-0.3, -0.25) is 4.79 Å². The molecule has 3 aromatic carbocycles. The first-order chi connectivity index (χ1) is 12.7. The highest BCUT2D eigenvalue weighted by molar-refractivity contribution is 6.30. The van der Waals surface area contributed by atoms with Crippen LogP contribution in [-0.2, 0) is 4.79 Å². The number of benzene rings is 3. The van der Waals surface area contributed by atoms with Crippen LogP contribution in [0, 0.1) is 0 Å². The molecule has 0 spiro atoms. The summed E-state index contributed by atoms with van der Waals surface area (Å²) in [6.07, 6.45) is 0. The molecule has 132 valence electrons. The van der Waals surface area contributed by atoms with Gasteiger partial charge in [-0.25, -0.2) is 0 Å². The topological polar surface area (TPSA) is 50.4 Å². The number of halogens is 1. The molecule has 0 saturated carbocycles. The molecule has 1 atom stereocenters. The van der Waals surface area contributed by atoms with E-state index in [0.717, 1.165) is 11.3 Å². The molecule has 0 aliphatic rings. The van der Waals surface area contributed by atoms with Crippen LogP contribution in [0.3, 0.4) is 0 Å². The van der Waals surface area contributed by atoms with Gasteiger partial charge in [0.2, 0.25) is 0 Å². The SMILES string of the molecule is COc1cccc(NC(=O)C(Nc2ccc(Cl)cc2)c2ccccc2)c1. The number of rotatable bonds is 6. The number of ether oxygens (including phenoxy) is 1. The minimum atomic E-state index is -0.552. The Morgan fingerprint density at radius 1 is 0.923 bits per heavy atom. The van der Waals surface area contributed by atoms with Crippen LogP contribution < -0.4 is 15.4 Å². The highest BCUT2D eigenvalue weighted by Gasteiger charge is 2.20. The van der Waals surface area contributed by atoms with Crippen LogP contribution in [0.25, 0.3) is 0 Å². The summed E-state index contributed by atoms with van der Waals surface area (Å²) in [4.78, 5) is 12.9. The Bertz CT molecular complexity index is 867. The first kappa shape index (κ1) is 17.8. The molecule has 26 heavy (non-hydrogen) atoms. The van der Waals surface area contributed by atoms with Crippen molar-refractivity contribution in [2.24, 2.45) is 0 Å². The van der Waals surface area contributed by atoms with Gasteiger partial charge in [0.05, 0.1) is 7.11 Å². The van der Waals surface area contributed by atoms with Crippen molar-refractivity contribution in [3.05, 3.63) is 89.4 Å². The molecule has 1 unspecified atom stereocenters. The second-order valence-electron chi connectivity index (χ2n) is 5.72. The van der Waals surface area contributed by atoms with Gasteiger partial charge >= 0.3 is 0 Å². The Morgan fingerprint density at radius 3 is 2.35 bits per heavy atom. The number of carbonyl (C=O) groups excluding carboxylic acids is 1. The molecule has 0 aliphatic carbocycles. The Balaban J connectivity index is 1.84. The number of hydrogen-bond acceptors (Lipinski definition) is 3. The first-order valence-electron chi connectivity index (χ1n) is 8.17. The van der Waals surface area contributed by atoms with Gasteiger partial charge in [0.1, 0.15) is 11.8 Å². The second kappa shape index (κ2) is 8.41. The van der Waals surface area contributed by atoms with E-state index in [9.17, 15) is 4.79 Å².